The highest BCUT2D eigenvalue weighted by Crippen LogP contribution is 2.23. The van der Waals surface area contributed by atoms with Crippen molar-refractivity contribution in [3.63, 3.8) is 0 Å². The third kappa shape index (κ3) is 19.1. The first-order chi connectivity index (χ1) is 13.0. The van der Waals surface area contributed by atoms with Crippen molar-refractivity contribution in [1.29, 1.82) is 0 Å². The molecular formula is C26H54O. The Morgan fingerprint density at radius 3 is 1.15 bits per heavy atom. The standard InChI is InChI=1S/C26H54O/c1-7-9-11-13-15-17-25(21-19-23(3)4)27-26(22-20-24(5)6)18-16-14-12-10-8-2/h23-26H,7-22H2,1-6H3. The number of unbranched alkanes of at least 4 members (excludes halogenated alkanes) is 8. The van der Waals surface area contributed by atoms with Crippen molar-refractivity contribution >= 4 is 0 Å². The Kier molecular flexibility index (Phi) is 19.3. The first kappa shape index (κ1) is 27.0. The van der Waals surface area contributed by atoms with E-state index in [0.717, 1.165) is 11.8 Å². The molecule has 0 N–H and O–H groups in total. The summed E-state index contributed by atoms with van der Waals surface area (Å²) in [6.45, 7) is 14.0. The van der Waals surface area contributed by atoms with Gasteiger partial charge in [-0.25, -0.2) is 0 Å². The van der Waals surface area contributed by atoms with Crippen molar-refractivity contribution in [2.45, 2.75) is 156 Å². The summed E-state index contributed by atoms with van der Waals surface area (Å²) in [7, 11) is 0. The highest BCUT2D eigenvalue weighted by Gasteiger charge is 2.17. The second-order valence-electron chi connectivity index (χ2n) is 9.73. The molecule has 27 heavy (non-hydrogen) atoms. The van der Waals surface area contributed by atoms with Crippen LogP contribution < -0.4 is 0 Å². The quantitative estimate of drug-likeness (QED) is 0.190. The first-order valence-electron chi connectivity index (χ1n) is 12.6. The zero-order chi connectivity index (χ0) is 20.3. The van der Waals surface area contributed by atoms with Gasteiger partial charge in [-0.1, -0.05) is 106 Å². The molecule has 0 bridgehead atoms. The van der Waals surface area contributed by atoms with Crippen LogP contribution >= 0.6 is 0 Å². The van der Waals surface area contributed by atoms with Crippen LogP contribution in [0.4, 0.5) is 0 Å². The largest absolute Gasteiger partial charge is 0.375 e. The van der Waals surface area contributed by atoms with Crippen LogP contribution in [0.5, 0.6) is 0 Å². The zero-order valence-corrected chi connectivity index (χ0v) is 20.0. The molecule has 2 unspecified atom stereocenters. The molecule has 0 aromatic rings. The van der Waals surface area contributed by atoms with Gasteiger partial charge in [0.1, 0.15) is 0 Å². The summed E-state index contributed by atoms with van der Waals surface area (Å²) in [6.07, 6.45) is 22.5. The molecule has 2 atom stereocenters. The van der Waals surface area contributed by atoms with Crippen LogP contribution in [0, 0.1) is 11.8 Å². The van der Waals surface area contributed by atoms with Gasteiger partial charge in [0.05, 0.1) is 12.2 Å². The molecule has 0 aliphatic heterocycles. The molecule has 0 fully saturated rings. The van der Waals surface area contributed by atoms with Crippen LogP contribution in [-0.2, 0) is 4.74 Å². The summed E-state index contributed by atoms with van der Waals surface area (Å²) in [4.78, 5) is 0. The topological polar surface area (TPSA) is 9.23 Å². The molecule has 0 saturated heterocycles. The number of ether oxygens (including phenoxy) is 1. The Bertz CT molecular complexity index is 256. The number of hydrogen-bond donors (Lipinski definition) is 0. The van der Waals surface area contributed by atoms with Crippen molar-refractivity contribution in [3.05, 3.63) is 0 Å². The predicted octanol–water partition coefficient (Wildman–Crippen LogP) is 9.33. The summed E-state index contributed by atoms with van der Waals surface area (Å²) in [5.41, 5.74) is 0. The highest BCUT2D eigenvalue weighted by molar-refractivity contribution is 4.67. The van der Waals surface area contributed by atoms with Crippen LogP contribution in [0.2, 0.25) is 0 Å². The van der Waals surface area contributed by atoms with E-state index in [1.54, 1.807) is 0 Å². The highest BCUT2D eigenvalue weighted by atomic mass is 16.5. The second-order valence-corrected chi connectivity index (χ2v) is 9.73. The predicted molar refractivity (Wildman–Crippen MR) is 124 cm³/mol. The molecule has 164 valence electrons. The lowest BCUT2D eigenvalue weighted by molar-refractivity contribution is -0.0345. The molecule has 0 rings (SSSR count). The van der Waals surface area contributed by atoms with Gasteiger partial charge in [0.2, 0.25) is 0 Å². The maximum Gasteiger partial charge on any atom is 0.0579 e. The van der Waals surface area contributed by atoms with E-state index < -0.39 is 0 Å². The van der Waals surface area contributed by atoms with Gasteiger partial charge in [0.15, 0.2) is 0 Å². The first-order valence-corrected chi connectivity index (χ1v) is 12.6. The molecule has 1 nitrogen and oxygen atoms in total. The van der Waals surface area contributed by atoms with E-state index in [2.05, 4.69) is 41.5 Å². The van der Waals surface area contributed by atoms with Crippen molar-refractivity contribution < 1.29 is 4.74 Å². The number of rotatable bonds is 20. The molecule has 0 radical (unpaired) electrons. The fourth-order valence-corrected chi connectivity index (χ4v) is 3.82. The number of hydrogen-bond acceptors (Lipinski definition) is 1. The summed E-state index contributed by atoms with van der Waals surface area (Å²) in [6, 6.07) is 0. The normalized spacial score (nSPS) is 14.2. The van der Waals surface area contributed by atoms with Crippen molar-refractivity contribution in [2.24, 2.45) is 11.8 Å². The Balaban J connectivity index is 4.46. The fraction of sp³-hybridized carbons (Fsp3) is 1.00. The third-order valence-corrected chi connectivity index (χ3v) is 5.78. The molecule has 0 aliphatic carbocycles. The van der Waals surface area contributed by atoms with Crippen LogP contribution in [0.1, 0.15) is 144 Å². The van der Waals surface area contributed by atoms with Crippen LogP contribution in [0.15, 0.2) is 0 Å². The lowest BCUT2D eigenvalue weighted by Crippen LogP contribution is -2.23. The molecule has 1 heteroatoms. The Morgan fingerprint density at radius 2 is 0.815 bits per heavy atom. The maximum atomic E-state index is 6.76. The summed E-state index contributed by atoms with van der Waals surface area (Å²) in [5.74, 6) is 1.58. The van der Waals surface area contributed by atoms with Crippen molar-refractivity contribution in [1.82, 2.24) is 0 Å². The van der Waals surface area contributed by atoms with Gasteiger partial charge in [-0.15, -0.1) is 0 Å². The van der Waals surface area contributed by atoms with Gasteiger partial charge in [0, 0.05) is 0 Å². The van der Waals surface area contributed by atoms with E-state index in [4.69, 9.17) is 4.74 Å². The summed E-state index contributed by atoms with van der Waals surface area (Å²) in [5, 5.41) is 0. The SMILES string of the molecule is CCCCCCCC(CCC(C)C)OC(CCCCCCC)CCC(C)C. The molecule has 0 amide bonds. The minimum Gasteiger partial charge on any atom is -0.375 e. The van der Waals surface area contributed by atoms with Gasteiger partial charge in [-0.2, -0.15) is 0 Å². The zero-order valence-electron chi connectivity index (χ0n) is 20.0. The molecule has 0 heterocycles. The van der Waals surface area contributed by atoms with E-state index >= 15 is 0 Å². The Labute approximate surface area is 173 Å². The third-order valence-electron chi connectivity index (χ3n) is 5.78. The van der Waals surface area contributed by atoms with E-state index in [0.29, 0.717) is 12.2 Å². The maximum absolute atomic E-state index is 6.76. The van der Waals surface area contributed by atoms with Gasteiger partial charge in [-0.05, 0) is 50.4 Å². The van der Waals surface area contributed by atoms with E-state index in [1.165, 1.54) is 103 Å². The van der Waals surface area contributed by atoms with Crippen LogP contribution in [0.3, 0.4) is 0 Å². The van der Waals surface area contributed by atoms with Crippen molar-refractivity contribution in [2.75, 3.05) is 0 Å². The fourth-order valence-electron chi connectivity index (χ4n) is 3.82. The van der Waals surface area contributed by atoms with Crippen LogP contribution in [0.25, 0.3) is 0 Å². The van der Waals surface area contributed by atoms with E-state index in [1.807, 2.05) is 0 Å². The Hall–Kier alpha value is -0.0400. The lowest BCUT2D eigenvalue weighted by atomic mass is 9.98. The molecule has 0 aromatic carbocycles. The van der Waals surface area contributed by atoms with Gasteiger partial charge in [-0.3, -0.25) is 0 Å². The minimum absolute atomic E-state index is 0.502. The molecule has 0 aliphatic rings. The van der Waals surface area contributed by atoms with Gasteiger partial charge < -0.3 is 4.74 Å². The molecule has 0 aromatic heterocycles. The molecule has 0 saturated carbocycles. The average molecular weight is 383 g/mol. The smallest absolute Gasteiger partial charge is 0.0579 e. The molecular weight excluding hydrogens is 328 g/mol. The Morgan fingerprint density at radius 1 is 0.444 bits per heavy atom. The van der Waals surface area contributed by atoms with Gasteiger partial charge in [0.25, 0.3) is 0 Å². The minimum atomic E-state index is 0.502. The second kappa shape index (κ2) is 19.3. The average Bonchev–Trinajstić information content (AvgIpc) is 2.62. The van der Waals surface area contributed by atoms with Crippen LogP contribution in [-0.4, -0.2) is 12.2 Å². The lowest BCUT2D eigenvalue weighted by Gasteiger charge is -2.26. The molecule has 0 spiro atoms. The monoisotopic (exact) mass is 382 g/mol. The summed E-state index contributed by atoms with van der Waals surface area (Å²) >= 11 is 0. The summed E-state index contributed by atoms with van der Waals surface area (Å²) < 4.78 is 6.76. The van der Waals surface area contributed by atoms with Crippen molar-refractivity contribution in [3.8, 4) is 0 Å². The van der Waals surface area contributed by atoms with Gasteiger partial charge >= 0.3 is 0 Å². The van der Waals surface area contributed by atoms with E-state index in [-0.39, 0.29) is 0 Å². The van der Waals surface area contributed by atoms with E-state index in [9.17, 15) is 0 Å².